The summed E-state index contributed by atoms with van der Waals surface area (Å²) in [6.07, 6.45) is 0. The van der Waals surface area contributed by atoms with Crippen LogP contribution >= 0.6 is 34.8 Å². The zero-order valence-electron chi connectivity index (χ0n) is 14.6. The maximum Gasteiger partial charge on any atom is 0.388 e. The lowest BCUT2D eigenvalue weighted by Crippen LogP contribution is -2.65. The van der Waals surface area contributed by atoms with Crippen LogP contribution in [0.25, 0.3) is 0 Å². The van der Waals surface area contributed by atoms with Gasteiger partial charge in [0.2, 0.25) is 5.91 Å². The van der Waals surface area contributed by atoms with E-state index in [-0.39, 0.29) is 11.3 Å². The SMILES string of the molecule is CC(C)(C)C(=O)N[C@]1(C(Cl)(Cl)Cl)Oc2ccc(C(C)(C)C)cc2O1. The lowest BCUT2D eigenvalue weighted by Gasteiger charge is -2.35. The van der Waals surface area contributed by atoms with E-state index in [2.05, 4.69) is 26.1 Å². The summed E-state index contributed by atoms with van der Waals surface area (Å²) in [6.45, 7) is 11.5. The first kappa shape index (κ1) is 19.5. The predicted octanol–water partition coefficient (Wildman–Crippen LogP) is 4.94. The molecule has 0 radical (unpaired) electrons. The minimum atomic E-state index is -2.03. The number of rotatable bonds is 1. The van der Waals surface area contributed by atoms with Crippen molar-refractivity contribution in [3.05, 3.63) is 23.8 Å². The third kappa shape index (κ3) is 3.71. The highest BCUT2D eigenvalue weighted by atomic mass is 35.6. The van der Waals surface area contributed by atoms with Crippen molar-refractivity contribution in [3.63, 3.8) is 0 Å². The van der Waals surface area contributed by atoms with E-state index in [0.29, 0.717) is 11.5 Å². The van der Waals surface area contributed by atoms with Gasteiger partial charge in [0.25, 0.3) is 3.79 Å². The van der Waals surface area contributed by atoms with Gasteiger partial charge in [0.1, 0.15) is 0 Å². The maximum absolute atomic E-state index is 12.4. The van der Waals surface area contributed by atoms with Gasteiger partial charge in [-0.1, -0.05) is 82.4 Å². The van der Waals surface area contributed by atoms with Crippen molar-refractivity contribution in [2.24, 2.45) is 5.41 Å². The fraction of sp³-hybridized carbons (Fsp3) is 0.588. The Kier molecular flexibility index (Phi) is 4.75. The van der Waals surface area contributed by atoms with Gasteiger partial charge in [-0.2, -0.15) is 0 Å². The molecule has 1 N–H and O–H groups in total. The van der Waals surface area contributed by atoms with Crippen LogP contribution in [0.5, 0.6) is 11.5 Å². The third-order valence-electron chi connectivity index (χ3n) is 3.65. The summed E-state index contributed by atoms with van der Waals surface area (Å²) in [4.78, 5) is 12.4. The number of hydrogen-bond donors (Lipinski definition) is 1. The van der Waals surface area contributed by atoms with Crippen LogP contribution in [-0.4, -0.2) is 15.6 Å². The van der Waals surface area contributed by atoms with Crippen molar-refractivity contribution in [2.75, 3.05) is 0 Å². The van der Waals surface area contributed by atoms with Gasteiger partial charge in [-0.05, 0) is 23.1 Å². The van der Waals surface area contributed by atoms with Crippen molar-refractivity contribution >= 4 is 40.7 Å². The van der Waals surface area contributed by atoms with E-state index in [0.717, 1.165) is 5.56 Å². The molecule has 0 aliphatic carbocycles. The molecule has 1 aliphatic heterocycles. The van der Waals surface area contributed by atoms with Gasteiger partial charge in [-0.15, -0.1) is 0 Å². The molecule has 1 aliphatic rings. The molecule has 0 saturated heterocycles. The number of carbonyl (C=O) groups excluding carboxylic acids is 1. The number of amides is 1. The number of alkyl halides is 3. The Morgan fingerprint density at radius 3 is 2.00 bits per heavy atom. The van der Waals surface area contributed by atoms with Gasteiger partial charge in [-0.3, -0.25) is 10.1 Å². The van der Waals surface area contributed by atoms with Crippen LogP contribution in [0.2, 0.25) is 0 Å². The summed E-state index contributed by atoms with van der Waals surface area (Å²) in [6, 6.07) is 5.50. The lowest BCUT2D eigenvalue weighted by molar-refractivity contribution is -0.151. The van der Waals surface area contributed by atoms with Gasteiger partial charge >= 0.3 is 5.91 Å². The largest absolute Gasteiger partial charge is 0.428 e. The number of carbonyl (C=O) groups is 1. The topological polar surface area (TPSA) is 47.6 Å². The Hall–Kier alpha value is -0.840. The summed E-state index contributed by atoms with van der Waals surface area (Å²) in [5.41, 5.74) is 0.242. The highest BCUT2D eigenvalue weighted by Gasteiger charge is 2.60. The summed E-state index contributed by atoms with van der Waals surface area (Å²) < 4.78 is 9.52. The number of halogens is 3. The van der Waals surface area contributed by atoms with Gasteiger partial charge < -0.3 is 9.47 Å². The second kappa shape index (κ2) is 5.86. The molecule has 0 spiro atoms. The maximum atomic E-state index is 12.4. The molecule has 1 aromatic rings. The summed E-state index contributed by atoms with van der Waals surface area (Å²) in [7, 11) is 0. The molecule has 7 heteroatoms. The Labute approximate surface area is 157 Å². The second-order valence-electron chi connectivity index (χ2n) is 7.93. The smallest absolute Gasteiger partial charge is 0.388 e. The minimum Gasteiger partial charge on any atom is -0.428 e. The van der Waals surface area contributed by atoms with Gasteiger partial charge in [0, 0.05) is 5.41 Å². The molecule has 1 amide bonds. The van der Waals surface area contributed by atoms with Crippen molar-refractivity contribution < 1.29 is 14.3 Å². The van der Waals surface area contributed by atoms with Crippen LogP contribution in [0, 0.1) is 5.41 Å². The van der Waals surface area contributed by atoms with Crippen LogP contribution in [-0.2, 0) is 10.2 Å². The first-order valence-electron chi connectivity index (χ1n) is 7.58. The minimum absolute atomic E-state index is 0.0850. The molecule has 2 rings (SSSR count). The second-order valence-corrected chi connectivity index (χ2v) is 10.2. The molecule has 1 atom stereocenters. The summed E-state index contributed by atoms with van der Waals surface area (Å²) in [5.74, 6) is -1.45. The molecule has 24 heavy (non-hydrogen) atoms. The molecule has 4 nitrogen and oxygen atoms in total. The first-order valence-corrected chi connectivity index (χ1v) is 8.71. The van der Waals surface area contributed by atoms with Crippen LogP contribution < -0.4 is 14.8 Å². The average Bonchev–Trinajstić information content (AvgIpc) is 2.74. The van der Waals surface area contributed by atoms with Crippen molar-refractivity contribution in [1.82, 2.24) is 5.32 Å². The molecule has 0 aromatic heterocycles. The molecular weight excluding hydrogens is 373 g/mol. The summed E-state index contributed by atoms with van der Waals surface area (Å²) >= 11 is 18.2. The van der Waals surface area contributed by atoms with Crippen molar-refractivity contribution in [2.45, 2.75) is 56.7 Å². The van der Waals surface area contributed by atoms with Crippen molar-refractivity contribution in [1.29, 1.82) is 0 Å². The zero-order valence-corrected chi connectivity index (χ0v) is 16.9. The fourth-order valence-electron chi connectivity index (χ4n) is 2.04. The third-order valence-corrected chi connectivity index (χ3v) is 4.40. The number of nitrogens with one attached hydrogen (secondary N) is 1. The molecule has 0 unspecified atom stereocenters. The van der Waals surface area contributed by atoms with Crippen LogP contribution in [0.3, 0.4) is 0 Å². The number of hydrogen-bond acceptors (Lipinski definition) is 3. The Balaban J connectivity index is 2.41. The van der Waals surface area contributed by atoms with E-state index < -0.39 is 15.1 Å². The number of benzene rings is 1. The zero-order chi connectivity index (χ0) is 18.6. The monoisotopic (exact) mass is 393 g/mol. The van der Waals surface area contributed by atoms with E-state index in [9.17, 15) is 4.79 Å². The predicted molar refractivity (Wildman–Crippen MR) is 97.0 cm³/mol. The van der Waals surface area contributed by atoms with E-state index in [1.807, 2.05) is 12.1 Å². The number of ether oxygens (including phenoxy) is 2. The van der Waals surface area contributed by atoms with Gasteiger partial charge in [0.15, 0.2) is 11.5 Å². The Bertz CT molecular complexity index is 657. The number of fused-ring (bicyclic) bond motifs is 1. The van der Waals surface area contributed by atoms with E-state index in [1.165, 1.54) is 0 Å². The first-order chi connectivity index (χ1) is 10.7. The molecule has 0 bridgehead atoms. The highest BCUT2D eigenvalue weighted by molar-refractivity contribution is 6.68. The van der Waals surface area contributed by atoms with Gasteiger partial charge in [-0.25, -0.2) is 0 Å². The normalized spacial score (nSPS) is 20.9. The molecular formula is C17H22Cl3NO3. The average molecular weight is 395 g/mol. The lowest BCUT2D eigenvalue weighted by atomic mass is 9.87. The Morgan fingerprint density at radius 2 is 1.54 bits per heavy atom. The van der Waals surface area contributed by atoms with Crippen LogP contribution in [0.15, 0.2) is 18.2 Å². The van der Waals surface area contributed by atoms with Crippen LogP contribution in [0.1, 0.15) is 47.1 Å². The standard InChI is InChI=1S/C17H22Cl3NO3/c1-14(2,3)10-7-8-11-12(9-10)24-17(23-11,16(18,19)20)21-13(22)15(4,5)6/h7-9H,1-6H3,(H,21,22)/t17-/m1/s1. The van der Waals surface area contributed by atoms with E-state index in [4.69, 9.17) is 44.3 Å². The summed E-state index contributed by atoms with van der Waals surface area (Å²) in [5, 5.41) is 2.60. The highest BCUT2D eigenvalue weighted by Crippen LogP contribution is 2.49. The molecule has 1 aromatic carbocycles. The molecule has 0 saturated carbocycles. The van der Waals surface area contributed by atoms with E-state index in [1.54, 1.807) is 26.8 Å². The molecule has 0 fully saturated rings. The van der Waals surface area contributed by atoms with Crippen LogP contribution in [0.4, 0.5) is 0 Å². The van der Waals surface area contributed by atoms with Crippen molar-refractivity contribution in [3.8, 4) is 11.5 Å². The fourth-order valence-corrected chi connectivity index (χ4v) is 2.42. The van der Waals surface area contributed by atoms with Gasteiger partial charge in [0.05, 0.1) is 0 Å². The quantitative estimate of drug-likeness (QED) is 0.686. The van der Waals surface area contributed by atoms with E-state index >= 15 is 0 Å². The Morgan fingerprint density at radius 1 is 1.00 bits per heavy atom. The molecule has 134 valence electrons. The molecule has 1 heterocycles.